The van der Waals surface area contributed by atoms with Gasteiger partial charge in [-0.25, -0.2) is 4.98 Å². The maximum absolute atomic E-state index is 8.66. The zero-order valence-corrected chi connectivity index (χ0v) is 6.83. The lowest BCUT2D eigenvalue weighted by atomic mass is 10.2. The Balaban J connectivity index is 3.13. The molecule has 1 rings (SSSR count). The highest BCUT2D eigenvalue weighted by molar-refractivity contribution is 5.70. The highest BCUT2D eigenvalue weighted by Crippen LogP contribution is 2.19. The van der Waals surface area contributed by atoms with Gasteiger partial charge in [-0.2, -0.15) is 5.26 Å². The van der Waals surface area contributed by atoms with E-state index < -0.39 is 0 Å². The van der Waals surface area contributed by atoms with E-state index in [9.17, 15) is 0 Å². The number of nitrogen functional groups attached to an aromatic ring is 1. The van der Waals surface area contributed by atoms with Crippen LogP contribution in [0.1, 0.15) is 12.6 Å². The molecule has 0 aliphatic rings. The van der Waals surface area contributed by atoms with Crippen molar-refractivity contribution >= 4 is 11.4 Å². The van der Waals surface area contributed by atoms with E-state index in [1.165, 1.54) is 6.20 Å². The van der Waals surface area contributed by atoms with Crippen molar-refractivity contribution in [3.05, 3.63) is 18.0 Å². The molecule has 1 heterocycles. The average Bonchev–Trinajstić information content (AvgIpc) is 2.09. The minimum Gasteiger partial charge on any atom is -0.397 e. The summed E-state index contributed by atoms with van der Waals surface area (Å²) in [5.41, 5.74) is 7.16. The van der Waals surface area contributed by atoms with Crippen LogP contribution in [0.2, 0.25) is 0 Å². The zero-order valence-electron chi connectivity index (χ0n) is 6.83. The second kappa shape index (κ2) is 3.58. The monoisotopic (exact) mass is 162 g/mol. The maximum Gasteiger partial charge on any atom is 0.165 e. The Morgan fingerprint density at radius 1 is 1.75 bits per heavy atom. The molecule has 62 valence electrons. The summed E-state index contributed by atoms with van der Waals surface area (Å²) in [4.78, 5) is 3.87. The van der Waals surface area contributed by atoms with E-state index in [-0.39, 0.29) is 0 Å². The fourth-order valence-electron chi connectivity index (χ4n) is 0.924. The number of rotatable bonds is 2. The first-order valence-electron chi connectivity index (χ1n) is 3.68. The molecule has 0 radical (unpaired) electrons. The predicted molar refractivity (Wildman–Crippen MR) is 47.5 cm³/mol. The number of nitrogens with two attached hydrogens (primary N) is 1. The van der Waals surface area contributed by atoms with Gasteiger partial charge in [-0.05, 0) is 13.0 Å². The third-order valence-electron chi connectivity index (χ3n) is 1.44. The van der Waals surface area contributed by atoms with Crippen molar-refractivity contribution < 1.29 is 0 Å². The Labute approximate surface area is 71.0 Å². The number of hydrogen-bond acceptors (Lipinski definition) is 4. The number of aromatic nitrogens is 1. The molecule has 0 aliphatic carbocycles. The average molecular weight is 162 g/mol. The third-order valence-corrected chi connectivity index (χ3v) is 1.44. The molecule has 0 amide bonds. The molecule has 0 saturated carbocycles. The van der Waals surface area contributed by atoms with Crippen LogP contribution in [0.5, 0.6) is 0 Å². The van der Waals surface area contributed by atoms with E-state index >= 15 is 0 Å². The van der Waals surface area contributed by atoms with Gasteiger partial charge in [0.2, 0.25) is 0 Å². The van der Waals surface area contributed by atoms with Crippen molar-refractivity contribution in [1.29, 1.82) is 5.26 Å². The SMILES string of the molecule is CCNc1c(N)ccnc1C#N. The molecule has 0 saturated heterocycles. The molecule has 3 N–H and O–H groups in total. The standard InChI is InChI=1S/C8H10N4/c1-2-11-8-6(10)3-4-12-7(8)5-9/h3-4,11H,2H2,1H3,(H2,10,12). The molecule has 1 aromatic rings. The number of nitrogens with one attached hydrogen (secondary N) is 1. The van der Waals surface area contributed by atoms with Gasteiger partial charge in [0.25, 0.3) is 0 Å². The third kappa shape index (κ3) is 1.45. The van der Waals surface area contributed by atoms with Gasteiger partial charge in [-0.3, -0.25) is 0 Å². The first-order chi connectivity index (χ1) is 5.79. The van der Waals surface area contributed by atoms with Gasteiger partial charge < -0.3 is 11.1 Å². The quantitative estimate of drug-likeness (QED) is 0.679. The molecule has 0 spiro atoms. The van der Waals surface area contributed by atoms with Crippen LogP contribution >= 0.6 is 0 Å². The minimum absolute atomic E-state index is 0.344. The Morgan fingerprint density at radius 3 is 3.08 bits per heavy atom. The molecule has 0 unspecified atom stereocenters. The lowest BCUT2D eigenvalue weighted by Gasteiger charge is -2.06. The largest absolute Gasteiger partial charge is 0.397 e. The fourth-order valence-corrected chi connectivity index (χ4v) is 0.924. The van der Waals surface area contributed by atoms with Gasteiger partial charge in [0.05, 0.1) is 11.4 Å². The van der Waals surface area contributed by atoms with Crippen LogP contribution in [0.15, 0.2) is 12.3 Å². The zero-order chi connectivity index (χ0) is 8.97. The Morgan fingerprint density at radius 2 is 2.50 bits per heavy atom. The fraction of sp³-hybridized carbons (Fsp3) is 0.250. The van der Waals surface area contributed by atoms with Crippen LogP contribution in [0, 0.1) is 11.3 Å². The van der Waals surface area contributed by atoms with Crippen molar-refractivity contribution in [3.8, 4) is 6.07 Å². The summed E-state index contributed by atoms with van der Waals surface area (Å²) >= 11 is 0. The molecular formula is C8H10N4. The van der Waals surface area contributed by atoms with Crippen LogP contribution in [0.25, 0.3) is 0 Å². The summed E-state index contributed by atoms with van der Waals surface area (Å²) < 4.78 is 0. The van der Waals surface area contributed by atoms with E-state index in [4.69, 9.17) is 11.0 Å². The molecule has 12 heavy (non-hydrogen) atoms. The predicted octanol–water partition coefficient (Wildman–Crippen LogP) is 0.967. The molecule has 0 aromatic carbocycles. The van der Waals surface area contributed by atoms with Crippen molar-refractivity contribution in [3.63, 3.8) is 0 Å². The summed E-state index contributed by atoms with van der Waals surface area (Å²) in [6, 6.07) is 3.63. The number of anilines is 2. The smallest absolute Gasteiger partial charge is 0.165 e. The first-order valence-corrected chi connectivity index (χ1v) is 3.68. The van der Waals surface area contributed by atoms with Gasteiger partial charge in [-0.1, -0.05) is 0 Å². The highest BCUT2D eigenvalue weighted by atomic mass is 14.9. The molecule has 0 bridgehead atoms. The second-order valence-corrected chi connectivity index (χ2v) is 2.27. The van der Waals surface area contributed by atoms with Crippen LogP contribution in [0.4, 0.5) is 11.4 Å². The first kappa shape index (κ1) is 8.34. The van der Waals surface area contributed by atoms with Crippen molar-refractivity contribution in [2.45, 2.75) is 6.92 Å². The minimum atomic E-state index is 0.344. The summed E-state index contributed by atoms with van der Waals surface area (Å²) in [7, 11) is 0. The lowest BCUT2D eigenvalue weighted by Crippen LogP contribution is -2.04. The van der Waals surface area contributed by atoms with Crippen molar-refractivity contribution in [2.24, 2.45) is 0 Å². The van der Waals surface area contributed by atoms with Crippen LogP contribution in [-0.4, -0.2) is 11.5 Å². The van der Waals surface area contributed by atoms with Gasteiger partial charge in [-0.15, -0.1) is 0 Å². The second-order valence-electron chi connectivity index (χ2n) is 2.27. The number of nitriles is 1. The van der Waals surface area contributed by atoms with Crippen molar-refractivity contribution in [1.82, 2.24) is 4.98 Å². The van der Waals surface area contributed by atoms with E-state index in [0.717, 1.165) is 6.54 Å². The molecule has 4 heteroatoms. The Bertz CT molecular complexity index is 313. The summed E-state index contributed by atoms with van der Waals surface area (Å²) in [6.45, 7) is 2.66. The molecular weight excluding hydrogens is 152 g/mol. The number of nitrogens with zero attached hydrogens (tertiary/aromatic N) is 2. The summed E-state index contributed by atoms with van der Waals surface area (Å²) in [5.74, 6) is 0. The van der Waals surface area contributed by atoms with E-state index in [2.05, 4.69) is 10.3 Å². The normalized spacial score (nSPS) is 9.00. The van der Waals surface area contributed by atoms with Gasteiger partial charge in [0.1, 0.15) is 6.07 Å². The van der Waals surface area contributed by atoms with Crippen LogP contribution < -0.4 is 11.1 Å². The van der Waals surface area contributed by atoms with Gasteiger partial charge in [0.15, 0.2) is 5.69 Å². The molecule has 0 aliphatic heterocycles. The number of hydrogen-bond donors (Lipinski definition) is 2. The maximum atomic E-state index is 8.66. The molecule has 1 aromatic heterocycles. The van der Waals surface area contributed by atoms with E-state index in [1.54, 1.807) is 6.07 Å². The topological polar surface area (TPSA) is 74.7 Å². The summed E-state index contributed by atoms with van der Waals surface area (Å²) in [5, 5.41) is 11.6. The molecule has 0 fully saturated rings. The summed E-state index contributed by atoms with van der Waals surface area (Å²) in [6.07, 6.45) is 1.52. The highest BCUT2D eigenvalue weighted by Gasteiger charge is 2.04. The van der Waals surface area contributed by atoms with E-state index in [0.29, 0.717) is 17.1 Å². The van der Waals surface area contributed by atoms with Gasteiger partial charge in [0, 0.05) is 12.7 Å². The van der Waals surface area contributed by atoms with Gasteiger partial charge >= 0.3 is 0 Å². The Kier molecular flexibility index (Phi) is 2.49. The number of pyridine rings is 1. The van der Waals surface area contributed by atoms with E-state index in [1.807, 2.05) is 13.0 Å². The lowest BCUT2D eigenvalue weighted by molar-refractivity contribution is 1.17. The van der Waals surface area contributed by atoms with Crippen LogP contribution in [0.3, 0.4) is 0 Å². The Hall–Kier alpha value is -1.76. The van der Waals surface area contributed by atoms with Crippen LogP contribution in [-0.2, 0) is 0 Å². The molecule has 0 atom stereocenters. The van der Waals surface area contributed by atoms with Crippen molar-refractivity contribution in [2.75, 3.05) is 17.6 Å². The molecule has 4 nitrogen and oxygen atoms in total.